The van der Waals surface area contributed by atoms with Crippen LogP contribution in [-0.2, 0) is 6.42 Å². The third-order valence-electron chi connectivity index (χ3n) is 6.91. The van der Waals surface area contributed by atoms with Gasteiger partial charge < -0.3 is 0 Å². The second-order valence-corrected chi connectivity index (χ2v) is 11.2. The number of nitrogens with zero attached hydrogens (tertiary/aromatic N) is 1. The molecule has 0 atom stereocenters. The molecule has 3 aliphatic rings. The smallest absolute Gasteiger partial charge is 0.0270 e. The van der Waals surface area contributed by atoms with E-state index < -0.39 is 0 Å². The van der Waals surface area contributed by atoms with E-state index in [0.717, 1.165) is 18.8 Å². The minimum Gasteiger partial charge on any atom is -0.265 e. The van der Waals surface area contributed by atoms with E-state index in [4.69, 9.17) is 0 Å². The summed E-state index contributed by atoms with van der Waals surface area (Å²) < 4.78 is 0. The molecule has 1 heteroatoms. The zero-order valence-corrected chi connectivity index (χ0v) is 32.5. The predicted molar refractivity (Wildman–Crippen MR) is 210 cm³/mol. The molecule has 0 aliphatic heterocycles. The standard InChI is InChI=1S/C12H14.C8H11N.2C8H12.4C2H6/c1-9(2)12-7-10-5-3-4-6-11(10)8-12;1-7(2)8-3-5-9-6-4-8;2*1-7(2)8-5-3-4-6-8;4*1-2/h3-7,9H,8H2,1-2H3;3-7H,1-2H3;3,5-7H,4H2,1-2H3;3-5,7H,6H2,1-2H3;4*1-2H3. The number of aromatic nitrogens is 1. The molecule has 0 spiro atoms. The number of pyridine rings is 1. The monoisotopic (exact) mass is 616 g/mol. The fraction of sp³-hybridized carbons (Fsp3) is 0.523. The highest BCUT2D eigenvalue weighted by Gasteiger charge is 2.13. The van der Waals surface area contributed by atoms with Crippen molar-refractivity contribution < 1.29 is 0 Å². The molecule has 0 unspecified atom stereocenters. The normalized spacial score (nSPS) is 12.8. The van der Waals surface area contributed by atoms with Crippen molar-refractivity contribution in [2.75, 3.05) is 0 Å². The first-order valence-corrected chi connectivity index (χ1v) is 18.1. The van der Waals surface area contributed by atoms with Crippen LogP contribution in [0.25, 0.3) is 6.08 Å². The van der Waals surface area contributed by atoms with Gasteiger partial charge in [0, 0.05) is 12.4 Å². The number of fused-ring (bicyclic) bond motifs is 1. The van der Waals surface area contributed by atoms with Crippen molar-refractivity contribution in [1.29, 1.82) is 0 Å². The van der Waals surface area contributed by atoms with Gasteiger partial charge in [-0.05, 0) is 77.3 Å². The van der Waals surface area contributed by atoms with Gasteiger partial charge in [-0.15, -0.1) is 0 Å². The number of hydrogen-bond donors (Lipinski definition) is 0. The lowest BCUT2D eigenvalue weighted by Gasteiger charge is -2.04. The summed E-state index contributed by atoms with van der Waals surface area (Å²) in [5.41, 5.74) is 8.87. The molecular weight excluding hydrogens is 542 g/mol. The van der Waals surface area contributed by atoms with E-state index >= 15 is 0 Å². The largest absolute Gasteiger partial charge is 0.265 e. The first-order chi connectivity index (χ1) is 21.7. The van der Waals surface area contributed by atoms with Gasteiger partial charge in [-0.25, -0.2) is 0 Å². The summed E-state index contributed by atoms with van der Waals surface area (Å²) in [6.45, 7) is 33.8. The Morgan fingerprint density at radius 2 is 1.16 bits per heavy atom. The Kier molecular flexibility index (Phi) is 32.1. The van der Waals surface area contributed by atoms with Crippen molar-refractivity contribution in [3.63, 3.8) is 0 Å². The number of hydrogen-bond acceptors (Lipinski definition) is 1. The minimum absolute atomic E-state index is 0.619. The van der Waals surface area contributed by atoms with Crippen molar-refractivity contribution in [1.82, 2.24) is 4.98 Å². The van der Waals surface area contributed by atoms with Crippen LogP contribution in [0.15, 0.2) is 102 Å². The molecule has 0 radical (unpaired) electrons. The third kappa shape index (κ3) is 21.4. The van der Waals surface area contributed by atoms with Gasteiger partial charge in [0.15, 0.2) is 0 Å². The fourth-order valence-electron chi connectivity index (χ4n) is 4.22. The maximum absolute atomic E-state index is 3.93. The summed E-state index contributed by atoms with van der Waals surface area (Å²) in [7, 11) is 0. The molecule has 1 nitrogen and oxygen atoms in total. The van der Waals surface area contributed by atoms with E-state index in [0.29, 0.717) is 17.8 Å². The highest BCUT2D eigenvalue weighted by atomic mass is 14.6. The Labute approximate surface area is 282 Å². The summed E-state index contributed by atoms with van der Waals surface area (Å²) in [5.74, 6) is 2.77. The SMILES string of the molecule is CC.CC.CC.CC.CC(C)C1=CC=CC1.CC(C)C1=CCC=C1.CC(C)C1=Cc2ccccc2C1.CC(C)c1ccncc1. The van der Waals surface area contributed by atoms with Crippen LogP contribution in [0.1, 0.15) is 146 Å². The van der Waals surface area contributed by atoms with Crippen LogP contribution in [-0.4, -0.2) is 4.98 Å². The molecule has 0 bridgehead atoms. The third-order valence-corrected chi connectivity index (χ3v) is 6.91. The average Bonchev–Trinajstić information content (AvgIpc) is 3.89. The molecule has 2 aromatic rings. The van der Waals surface area contributed by atoms with Crippen LogP contribution in [0.4, 0.5) is 0 Å². The predicted octanol–water partition coefficient (Wildman–Crippen LogP) is 14.6. The van der Waals surface area contributed by atoms with Gasteiger partial charge in [0.1, 0.15) is 0 Å². The van der Waals surface area contributed by atoms with Crippen LogP contribution in [0, 0.1) is 17.8 Å². The van der Waals surface area contributed by atoms with Crippen LogP contribution >= 0.6 is 0 Å². The molecule has 3 aliphatic carbocycles. The first kappa shape index (κ1) is 46.5. The Hall–Kier alpha value is -2.93. The van der Waals surface area contributed by atoms with E-state index in [-0.39, 0.29) is 0 Å². The zero-order valence-electron chi connectivity index (χ0n) is 32.5. The highest BCUT2D eigenvalue weighted by Crippen LogP contribution is 2.28. The summed E-state index contributed by atoms with van der Waals surface area (Å²) in [5, 5.41) is 0. The van der Waals surface area contributed by atoms with Crippen molar-refractivity contribution in [2.45, 2.75) is 136 Å². The fourth-order valence-corrected chi connectivity index (χ4v) is 4.22. The molecule has 0 amide bonds. The van der Waals surface area contributed by atoms with Gasteiger partial charge in [-0.3, -0.25) is 4.98 Å². The molecule has 1 aromatic heterocycles. The number of rotatable bonds is 4. The van der Waals surface area contributed by atoms with Gasteiger partial charge >= 0.3 is 0 Å². The molecule has 45 heavy (non-hydrogen) atoms. The second kappa shape index (κ2) is 31.1. The maximum Gasteiger partial charge on any atom is 0.0270 e. The average molecular weight is 616 g/mol. The van der Waals surface area contributed by atoms with Crippen LogP contribution in [0.2, 0.25) is 0 Å². The molecule has 5 rings (SSSR count). The van der Waals surface area contributed by atoms with Gasteiger partial charge in [0.25, 0.3) is 0 Å². The van der Waals surface area contributed by atoms with E-state index in [9.17, 15) is 0 Å². The molecular formula is C44H73N. The minimum atomic E-state index is 0.619. The van der Waals surface area contributed by atoms with Crippen molar-refractivity contribution in [2.24, 2.45) is 17.8 Å². The Morgan fingerprint density at radius 3 is 1.49 bits per heavy atom. The molecule has 254 valence electrons. The van der Waals surface area contributed by atoms with E-state index in [1.54, 1.807) is 11.1 Å². The number of benzene rings is 1. The van der Waals surface area contributed by atoms with Gasteiger partial charge in [-0.1, -0.05) is 189 Å². The second-order valence-electron chi connectivity index (χ2n) is 11.2. The van der Waals surface area contributed by atoms with Gasteiger partial charge in [0.2, 0.25) is 0 Å². The Balaban J connectivity index is -0.000000491. The van der Waals surface area contributed by atoms with E-state index in [1.807, 2.05) is 79.9 Å². The van der Waals surface area contributed by atoms with Crippen LogP contribution in [0.3, 0.4) is 0 Å². The lowest BCUT2D eigenvalue weighted by Crippen LogP contribution is -1.92. The van der Waals surface area contributed by atoms with Crippen LogP contribution < -0.4 is 0 Å². The molecule has 0 saturated carbocycles. The lowest BCUT2D eigenvalue weighted by atomic mass is 10.0. The van der Waals surface area contributed by atoms with Gasteiger partial charge in [-0.2, -0.15) is 0 Å². The lowest BCUT2D eigenvalue weighted by molar-refractivity contribution is 0.753. The van der Waals surface area contributed by atoms with Gasteiger partial charge in [0.05, 0.1) is 0 Å². The van der Waals surface area contributed by atoms with Crippen LogP contribution in [0.5, 0.6) is 0 Å². The zero-order chi connectivity index (χ0) is 35.2. The summed E-state index contributed by atoms with van der Waals surface area (Å²) in [6.07, 6.45) is 22.7. The van der Waals surface area contributed by atoms with Crippen molar-refractivity contribution in [3.8, 4) is 0 Å². The molecule has 0 fully saturated rings. The molecule has 1 aromatic carbocycles. The molecule has 1 heterocycles. The topological polar surface area (TPSA) is 12.9 Å². The maximum atomic E-state index is 3.93. The first-order valence-electron chi connectivity index (χ1n) is 18.1. The molecule has 0 saturated heterocycles. The Morgan fingerprint density at radius 1 is 0.600 bits per heavy atom. The summed E-state index contributed by atoms with van der Waals surface area (Å²) in [6, 6.07) is 12.7. The highest BCUT2D eigenvalue weighted by molar-refractivity contribution is 5.63. The Bertz CT molecular complexity index is 1090. The molecule has 0 N–H and O–H groups in total. The van der Waals surface area contributed by atoms with Crippen molar-refractivity contribution in [3.05, 3.63) is 119 Å². The summed E-state index contributed by atoms with van der Waals surface area (Å²) >= 11 is 0. The summed E-state index contributed by atoms with van der Waals surface area (Å²) in [4.78, 5) is 3.93. The quantitative estimate of drug-likeness (QED) is 0.333. The van der Waals surface area contributed by atoms with E-state index in [2.05, 4.69) is 127 Å². The van der Waals surface area contributed by atoms with E-state index in [1.165, 1.54) is 28.7 Å². The van der Waals surface area contributed by atoms with Crippen molar-refractivity contribution >= 4 is 6.08 Å². The number of allylic oxidation sites excluding steroid dienone is 9.